The van der Waals surface area contributed by atoms with Crippen LogP contribution in [0, 0.1) is 0 Å². The van der Waals surface area contributed by atoms with Crippen molar-refractivity contribution < 1.29 is 34.2 Å². The van der Waals surface area contributed by atoms with Gasteiger partial charge in [0, 0.05) is 44.2 Å². The van der Waals surface area contributed by atoms with Crippen LogP contribution in [0.2, 0.25) is 0 Å². The van der Waals surface area contributed by atoms with Gasteiger partial charge in [-0.2, -0.15) is 0 Å². The number of benzene rings is 2. The molecule has 3 aromatic rings. The molecular formula is C35H46N10O7. The molecule has 278 valence electrons. The number of phenolic OH excluding ortho intramolecular Hbond substituents is 1. The van der Waals surface area contributed by atoms with Crippen molar-refractivity contribution in [1.29, 1.82) is 0 Å². The van der Waals surface area contributed by atoms with E-state index >= 15 is 0 Å². The monoisotopic (exact) mass is 718 g/mol. The third-order valence-electron chi connectivity index (χ3n) is 8.64. The number of carbonyl (C=O) groups is 5. The van der Waals surface area contributed by atoms with E-state index in [0.717, 1.165) is 0 Å². The van der Waals surface area contributed by atoms with Crippen LogP contribution in [0.15, 0.2) is 72.1 Å². The fraction of sp³-hybridized carbons (Fsp3) is 0.400. The number of aliphatic imine (C=N–C) groups is 1. The number of hydrogen-bond donors (Lipinski definition) is 9. The molecule has 17 nitrogen and oxygen atoms in total. The van der Waals surface area contributed by atoms with Gasteiger partial charge in [-0.1, -0.05) is 42.5 Å². The van der Waals surface area contributed by atoms with Gasteiger partial charge in [-0.25, -0.2) is 9.78 Å². The van der Waals surface area contributed by atoms with Crippen LogP contribution in [-0.4, -0.2) is 104 Å². The zero-order valence-electron chi connectivity index (χ0n) is 28.6. The number of aromatic nitrogens is 2. The third kappa shape index (κ3) is 11.5. The molecule has 2 heterocycles. The normalized spacial score (nSPS) is 16.2. The summed E-state index contributed by atoms with van der Waals surface area (Å²) in [5.74, 6) is -3.78. The van der Waals surface area contributed by atoms with Crippen LogP contribution in [0.1, 0.15) is 42.5 Å². The Balaban J connectivity index is 1.50. The van der Waals surface area contributed by atoms with Gasteiger partial charge in [0.25, 0.3) is 0 Å². The first-order chi connectivity index (χ1) is 24.9. The number of rotatable bonds is 18. The highest BCUT2D eigenvalue weighted by molar-refractivity contribution is 5.96. The molecule has 1 aromatic heterocycles. The average Bonchev–Trinajstić information content (AvgIpc) is 3.83. The number of H-pyrrole nitrogens is 1. The molecule has 0 unspecified atom stereocenters. The second kappa shape index (κ2) is 18.9. The standard InChI is InChI=1S/C35H46N10O7/c36-25(8-4-14-40-35(37)38)30(47)43-27(18-23-19-39-20-41-23)33(50)45-15-5-9-29(45)32(49)42-26(16-22-10-12-24(46)13-11-22)31(48)44-28(34(51)52)17-21-6-2-1-3-7-21/h1-3,6-7,10-13,19-20,25-29,46H,4-5,8-9,14-18,36H2,(H,39,41)(H,42,49)(H,43,47)(H,44,48)(H,51,52)(H4,37,38,40)/t25-,26-,27+,28+,29-/m1/s1. The third-order valence-corrected chi connectivity index (χ3v) is 8.64. The number of aromatic hydroxyl groups is 1. The quantitative estimate of drug-likeness (QED) is 0.0439. The minimum atomic E-state index is -1.29. The van der Waals surface area contributed by atoms with Gasteiger partial charge in [0.2, 0.25) is 23.6 Å². The van der Waals surface area contributed by atoms with E-state index in [1.165, 1.54) is 29.6 Å². The van der Waals surface area contributed by atoms with E-state index in [0.29, 0.717) is 29.7 Å². The lowest BCUT2D eigenvalue weighted by Crippen LogP contribution is -2.59. The van der Waals surface area contributed by atoms with Crippen LogP contribution in [0.25, 0.3) is 0 Å². The Morgan fingerprint density at radius 3 is 2.23 bits per heavy atom. The van der Waals surface area contributed by atoms with Crippen molar-refractivity contribution in [3.8, 4) is 5.75 Å². The zero-order valence-corrected chi connectivity index (χ0v) is 28.6. The molecule has 17 heteroatoms. The van der Waals surface area contributed by atoms with Crippen LogP contribution in [0.5, 0.6) is 5.75 Å². The summed E-state index contributed by atoms with van der Waals surface area (Å²) >= 11 is 0. The molecule has 2 aromatic carbocycles. The maximum Gasteiger partial charge on any atom is 0.326 e. The van der Waals surface area contributed by atoms with E-state index in [1.807, 2.05) is 0 Å². The Labute approximate surface area is 300 Å². The van der Waals surface area contributed by atoms with Crippen LogP contribution < -0.4 is 33.2 Å². The average molecular weight is 719 g/mol. The maximum absolute atomic E-state index is 14.1. The minimum Gasteiger partial charge on any atom is -0.508 e. The Morgan fingerprint density at radius 2 is 1.58 bits per heavy atom. The number of amides is 4. The van der Waals surface area contributed by atoms with Crippen LogP contribution in [0.4, 0.5) is 0 Å². The number of guanidine groups is 1. The first kappa shape index (κ1) is 38.8. The molecule has 4 rings (SSSR count). The lowest BCUT2D eigenvalue weighted by molar-refractivity contribution is -0.143. The molecular weight excluding hydrogens is 672 g/mol. The smallest absolute Gasteiger partial charge is 0.326 e. The molecule has 0 aliphatic carbocycles. The lowest BCUT2D eigenvalue weighted by Gasteiger charge is -2.30. The molecule has 12 N–H and O–H groups in total. The van der Waals surface area contributed by atoms with Crippen molar-refractivity contribution in [2.75, 3.05) is 13.1 Å². The summed E-state index contributed by atoms with van der Waals surface area (Å²) in [4.78, 5) is 79.1. The van der Waals surface area contributed by atoms with Crippen molar-refractivity contribution in [2.24, 2.45) is 22.2 Å². The number of phenols is 1. The van der Waals surface area contributed by atoms with Gasteiger partial charge < -0.3 is 53.2 Å². The molecule has 52 heavy (non-hydrogen) atoms. The number of carboxylic acid groups (broad SMARTS) is 1. The number of carboxylic acids is 1. The first-order valence-corrected chi connectivity index (χ1v) is 17.0. The summed E-state index contributed by atoms with van der Waals surface area (Å²) in [5.41, 5.74) is 18.7. The van der Waals surface area contributed by atoms with Crippen molar-refractivity contribution in [1.82, 2.24) is 30.8 Å². The molecule has 1 fully saturated rings. The number of nitrogens with one attached hydrogen (secondary N) is 4. The highest BCUT2D eigenvalue weighted by atomic mass is 16.4. The van der Waals surface area contributed by atoms with Crippen molar-refractivity contribution in [3.05, 3.63) is 83.9 Å². The Morgan fingerprint density at radius 1 is 0.904 bits per heavy atom. The van der Waals surface area contributed by atoms with E-state index in [2.05, 4.69) is 30.9 Å². The number of hydrogen-bond acceptors (Lipinski definition) is 9. The van der Waals surface area contributed by atoms with Gasteiger partial charge >= 0.3 is 5.97 Å². The van der Waals surface area contributed by atoms with Crippen LogP contribution >= 0.6 is 0 Å². The minimum absolute atomic E-state index is 0.00590. The van der Waals surface area contributed by atoms with E-state index in [-0.39, 0.29) is 56.9 Å². The predicted octanol–water partition coefficient (Wildman–Crippen LogP) is -0.946. The Kier molecular flexibility index (Phi) is 14.1. The zero-order chi connectivity index (χ0) is 37.6. The Hall–Kier alpha value is -5.97. The second-order valence-electron chi connectivity index (χ2n) is 12.6. The van der Waals surface area contributed by atoms with Gasteiger partial charge in [-0.15, -0.1) is 0 Å². The largest absolute Gasteiger partial charge is 0.508 e. The SMILES string of the molecule is NC(N)=NCCC[C@@H](N)C(=O)N[C@@H](Cc1cnc[nH]1)C(=O)N1CCC[C@@H]1C(=O)N[C@H](Cc1ccc(O)cc1)C(=O)N[C@@H](Cc1ccccc1)C(=O)O. The second-order valence-corrected chi connectivity index (χ2v) is 12.6. The summed E-state index contributed by atoms with van der Waals surface area (Å²) in [5, 5.41) is 27.7. The molecule has 1 aliphatic heterocycles. The lowest BCUT2D eigenvalue weighted by atomic mass is 10.0. The van der Waals surface area contributed by atoms with E-state index in [9.17, 15) is 34.2 Å². The highest BCUT2D eigenvalue weighted by Gasteiger charge is 2.39. The van der Waals surface area contributed by atoms with Gasteiger partial charge in [0.05, 0.1) is 12.4 Å². The van der Waals surface area contributed by atoms with Crippen molar-refractivity contribution in [2.45, 2.75) is 75.2 Å². The van der Waals surface area contributed by atoms with Gasteiger partial charge in [0.15, 0.2) is 5.96 Å². The topological polar surface area (TPSA) is 284 Å². The molecule has 1 aliphatic rings. The summed E-state index contributed by atoms with van der Waals surface area (Å²) in [7, 11) is 0. The van der Waals surface area contributed by atoms with E-state index in [4.69, 9.17) is 17.2 Å². The molecule has 0 saturated carbocycles. The molecule has 0 radical (unpaired) electrons. The van der Waals surface area contributed by atoms with Crippen LogP contribution in [-0.2, 0) is 43.2 Å². The van der Waals surface area contributed by atoms with Gasteiger partial charge in [-0.05, 0) is 48.9 Å². The number of likely N-dealkylation sites (tertiary alicyclic amines) is 1. The van der Waals surface area contributed by atoms with Crippen LogP contribution in [0.3, 0.4) is 0 Å². The number of nitrogens with two attached hydrogens (primary N) is 3. The van der Waals surface area contributed by atoms with Crippen molar-refractivity contribution >= 4 is 35.6 Å². The summed E-state index contributed by atoms with van der Waals surface area (Å²) < 4.78 is 0. The molecule has 0 bridgehead atoms. The number of aliphatic carboxylic acids is 1. The number of carbonyl (C=O) groups excluding carboxylic acids is 4. The molecule has 5 atom stereocenters. The summed E-state index contributed by atoms with van der Waals surface area (Å²) in [6, 6.07) is 9.26. The van der Waals surface area contributed by atoms with Crippen molar-refractivity contribution in [3.63, 3.8) is 0 Å². The summed E-state index contributed by atoms with van der Waals surface area (Å²) in [6.07, 6.45) is 4.42. The molecule has 0 spiro atoms. The van der Waals surface area contributed by atoms with E-state index < -0.39 is 59.8 Å². The van der Waals surface area contributed by atoms with Gasteiger partial charge in [-0.3, -0.25) is 24.2 Å². The summed E-state index contributed by atoms with van der Waals surface area (Å²) in [6.45, 7) is 0.490. The number of imidazole rings is 1. The first-order valence-electron chi connectivity index (χ1n) is 17.0. The highest BCUT2D eigenvalue weighted by Crippen LogP contribution is 2.21. The number of nitrogens with zero attached hydrogens (tertiary/aromatic N) is 3. The predicted molar refractivity (Wildman–Crippen MR) is 190 cm³/mol. The molecule has 4 amide bonds. The van der Waals surface area contributed by atoms with Gasteiger partial charge in [0.1, 0.15) is 29.9 Å². The van der Waals surface area contributed by atoms with E-state index in [1.54, 1.807) is 42.5 Å². The fourth-order valence-electron chi connectivity index (χ4n) is 5.92. The maximum atomic E-state index is 14.1. The Bertz CT molecular complexity index is 1680. The number of aromatic amines is 1. The molecule has 1 saturated heterocycles. The fourth-order valence-corrected chi connectivity index (χ4v) is 5.92.